The summed E-state index contributed by atoms with van der Waals surface area (Å²) in [5.74, 6) is 0. The Morgan fingerprint density at radius 3 is 3.36 bits per heavy atom. The Bertz CT molecular complexity index is 140. The molecule has 2 rings (SSSR count). The van der Waals surface area contributed by atoms with Crippen LogP contribution in [0, 0.1) is 0 Å². The molecule has 3 heteroatoms. The number of nitrogens with zero attached hydrogens (tertiary/aromatic N) is 1. The molecule has 2 heterocycles. The van der Waals surface area contributed by atoms with Gasteiger partial charge in [0.05, 0.1) is 12.7 Å². The van der Waals surface area contributed by atoms with Crippen LogP contribution in [0.3, 0.4) is 0 Å². The van der Waals surface area contributed by atoms with Crippen molar-refractivity contribution >= 4 is 0 Å². The maximum Gasteiger partial charge on any atom is 0.0753 e. The monoisotopic (exact) mass is 156 g/mol. The summed E-state index contributed by atoms with van der Waals surface area (Å²) in [6, 6.07) is 0.586. The summed E-state index contributed by atoms with van der Waals surface area (Å²) >= 11 is 0. The van der Waals surface area contributed by atoms with E-state index in [4.69, 9.17) is 4.74 Å². The molecule has 2 fully saturated rings. The van der Waals surface area contributed by atoms with Gasteiger partial charge in [0.1, 0.15) is 0 Å². The first kappa shape index (κ1) is 7.53. The molecule has 2 aliphatic heterocycles. The van der Waals surface area contributed by atoms with Crippen molar-refractivity contribution in [3.05, 3.63) is 0 Å². The second kappa shape index (κ2) is 3.09. The fourth-order valence-electron chi connectivity index (χ4n) is 1.94. The third-order valence-electron chi connectivity index (χ3n) is 2.59. The van der Waals surface area contributed by atoms with Gasteiger partial charge in [-0.1, -0.05) is 0 Å². The minimum atomic E-state index is 0.486. The molecule has 0 unspecified atom stereocenters. The third kappa shape index (κ3) is 1.55. The zero-order chi connectivity index (χ0) is 7.68. The Morgan fingerprint density at radius 2 is 2.45 bits per heavy atom. The SMILES string of the molecule is CN1CC[C@@H]2OCCN[C@H]2C1. The summed E-state index contributed by atoms with van der Waals surface area (Å²) in [6.07, 6.45) is 1.67. The van der Waals surface area contributed by atoms with Crippen LogP contribution in [0.5, 0.6) is 0 Å². The van der Waals surface area contributed by atoms with E-state index in [9.17, 15) is 0 Å². The first-order valence-electron chi connectivity index (χ1n) is 4.40. The van der Waals surface area contributed by atoms with Gasteiger partial charge in [0.25, 0.3) is 0 Å². The molecule has 0 bridgehead atoms. The molecule has 0 aromatic heterocycles. The highest BCUT2D eigenvalue weighted by Gasteiger charge is 2.29. The first-order valence-corrected chi connectivity index (χ1v) is 4.40. The van der Waals surface area contributed by atoms with Gasteiger partial charge in [0, 0.05) is 25.7 Å². The van der Waals surface area contributed by atoms with Crippen LogP contribution in [0.25, 0.3) is 0 Å². The molecule has 0 aliphatic carbocycles. The third-order valence-corrected chi connectivity index (χ3v) is 2.59. The van der Waals surface area contributed by atoms with Crippen molar-refractivity contribution < 1.29 is 4.74 Å². The zero-order valence-electron chi connectivity index (χ0n) is 7.05. The van der Waals surface area contributed by atoms with Crippen molar-refractivity contribution in [1.29, 1.82) is 0 Å². The minimum Gasteiger partial charge on any atom is -0.375 e. The molecule has 0 aromatic rings. The topological polar surface area (TPSA) is 24.5 Å². The average Bonchev–Trinajstić information content (AvgIpc) is 2.04. The zero-order valence-corrected chi connectivity index (χ0v) is 7.05. The Hall–Kier alpha value is -0.120. The molecule has 3 nitrogen and oxygen atoms in total. The van der Waals surface area contributed by atoms with E-state index in [1.807, 2.05) is 0 Å². The number of ether oxygens (including phenoxy) is 1. The van der Waals surface area contributed by atoms with E-state index in [1.165, 1.54) is 13.0 Å². The van der Waals surface area contributed by atoms with Gasteiger partial charge in [-0.05, 0) is 13.5 Å². The predicted octanol–water partition coefficient (Wildman–Crippen LogP) is -0.321. The molecule has 2 aliphatic rings. The summed E-state index contributed by atoms with van der Waals surface area (Å²) in [4.78, 5) is 2.36. The Labute approximate surface area is 67.7 Å². The fraction of sp³-hybridized carbons (Fsp3) is 1.00. The predicted molar refractivity (Wildman–Crippen MR) is 43.6 cm³/mol. The number of morpholine rings is 1. The molecule has 0 radical (unpaired) electrons. The summed E-state index contributed by atoms with van der Waals surface area (Å²) in [5.41, 5.74) is 0. The Balaban J connectivity index is 1.93. The maximum atomic E-state index is 5.64. The van der Waals surface area contributed by atoms with Crippen molar-refractivity contribution in [2.75, 3.05) is 33.3 Å². The minimum absolute atomic E-state index is 0.486. The highest BCUT2D eigenvalue weighted by Crippen LogP contribution is 2.15. The lowest BCUT2D eigenvalue weighted by Crippen LogP contribution is -2.57. The summed E-state index contributed by atoms with van der Waals surface area (Å²) in [6.45, 7) is 4.24. The van der Waals surface area contributed by atoms with Gasteiger partial charge in [-0.15, -0.1) is 0 Å². The number of piperidine rings is 1. The Kier molecular flexibility index (Phi) is 2.11. The molecule has 64 valence electrons. The van der Waals surface area contributed by atoms with Gasteiger partial charge in [0.15, 0.2) is 0 Å². The molecule has 1 N–H and O–H groups in total. The molecular formula is C8H16N2O. The van der Waals surface area contributed by atoms with E-state index in [0.29, 0.717) is 12.1 Å². The highest BCUT2D eigenvalue weighted by molar-refractivity contribution is 4.87. The van der Waals surface area contributed by atoms with Gasteiger partial charge >= 0.3 is 0 Å². The van der Waals surface area contributed by atoms with E-state index in [0.717, 1.165) is 19.7 Å². The van der Waals surface area contributed by atoms with E-state index in [2.05, 4.69) is 17.3 Å². The smallest absolute Gasteiger partial charge is 0.0753 e. The van der Waals surface area contributed by atoms with Crippen molar-refractivity contribution in [2.45, 2.75) is 18.6 Å². The number of hydrogen-bond donors (Lipinski definition) is 1. The van der Waals surface area contributed by atoms with Crippen LogP contribution in [0.15, 0.2) is 0 Å². The van der Waals surface area contributed by atoms with Crippen molar-refractivity contribution in [2.24, 2.45) is 0 Å². The number of likely N-dealkylation sites (N-methyl/N-ethyl adjacent to an activating group) is 1. The van der Waals surface area contributed by atoms with Gasteiger partial charge in [-0.25, -0.2) is 0 Å². The standard InChI is InChI=1S/C8H16N2O/c1-10-4-2-8-7(6-10)9-3-5-11-8/h7-9H,2-6H2,1H3/t7-,8-/m0/s1. The number of likely N-dealkylation sites (tertiary alicyclic amines) is 1. The van der Waals surface area contributed by atoms with Crippen LogP contribution in [0.2, 0.25) is 0 Å². The van der Waals surface area contributed by atoms with E-state index in [1.54, 1.807) is 0 Å². The van der Waals surface area contributed by atoms with Crippen molar-refractivity contribution in [1.82, 2.24) is 10.2 Å². The van der Waals surface area contributed by atoms with Crippen LogP contribution >= 0.6 is 0 Å². The summed E-state index contributed by atoms with van der Waals surface area (Å²) in [7, 11) is 2.17. The van der Waals surface area contributed by atoms with E-state index in [-0.39, 0.29) is 0 Å². The van der Waals surface area contributed by atoms with Gasteiger partial charge < -0.3 is 15.0 Å². The lowest BCUT2D eigenvalue weighted by atomic mass is 10.0. The quantitative estimate of drug-likeness (QED) is 0.520. The lowest BCUT2D eigenvalue weighted by molar-refractivity contribution is -0.0385. The van der Waals surface area contributed by atoms with Gasteiger partial charge in [-0.2, -0.15) is 0 Å². The van der Waals surface area contributed by atoms with Crippen LogP contribution in [0.4, 0.5) is 0 Å². The second-order valence-corrected chi connectivity index (χ2v) is 3.52. The second-order valence-electron chi connectivity index (χ2n) is 3.52. The number of fused-ring (bicyclic) bond motifs is 1. The average molecular weight is 156 g/mol. The van der Waals surface area contributed by atoms with Crippen molar-refractivity contribution in [3.63, 3.8) is 0 Å². The van der Waals surface area contributed by atoms with Gasteiger partial charge in [0.2, 0.25) is 0 Å². The Morgan fingerprint density at radius 1 is 1.55 bits per heavy atom. The number of nitrogens with one attached hydrogen (secondary N) is 1. The van der Waals surface area contributed by atoms with E-state index < -0.39 is 0 Å². The van der Waals surface area contributed by atoms with E-state index >= 15 is 0 Å². The molecule has 2 saturated heterocycles. The van der Waals surface area contributed by atoms with Crippen molar-refractivity contribution in [3.8, 4) is 0 Å². The molecule has 0 amide bonds. The molecule has 0 saturated carbocycles. The van der Waals surface area contributed by atoms with Crippen LogP contribution < -0.4 is 5.32 Å². The number of rotatable bonds is 0. The normalized spacial score (nSPS) is 40.1. The van der Waals surface area contributed by atoms with Crippen LogP contribution in [-0.4, -0.2) is 50.3 Å². The van der Waals surface area contributed by atoms with Crippen LogP contribution in [-0.2, 0) is 4.74 Å². The highest BCUT2D eigenvalue weighted by atomic mass is 16.5. The van der Waals surface area contributed by atoms with Crippen LogP contribution in [0.1, 0.15) is 6.42 Å². The fourth-order valence-corrected chi connectivity index (χ4v) is 1.94. The summed E-state index contributed by atoms with van der Waals surface area (Å²) < 4.78 is 5.64. The molecule has 11 heavy (non-hydrogen) atoms. The first-order chi connectivity index (χ1) is 5.36. The molecule has 0 aromatic carbocycles. The summed E-state index contributed by atoms with van der Waals surface area (Å²) in [5, 5.41) is 3.48. The number of hydrogen-bond acceptors (Lipinski definition) is 3. The van der Waals surface area contributed by atoms with Gasteiger partial charge in [-0.3, -0.25) is 0 Å². The molecular weight excluding hydrogens is 140 g/mol. The lowest BCUT2D eigenvalue weighted by Gasteiger charge is -2.40. The molecule has 2 atom stereocenters. The maximum absolute atomic E-state index is 5.64. The molecule has 0 spiro atoms. The largest absolute Gasteiger partial charge is 0.375 e.